The lowest BCUT2D eigenvalue weighted by molar-refractivity contribution is 0.339. The van der Waals surface area contributed by atoms with E-state index in [4.69, 9.17) is 0 Å². The molecule has 1 unspecified atom stereocenters. The highest BCUT2D eigenvalue weighted by atomic mass is 15.1. The molecule has 2 heteroatoms. The maximum atomic E-state index is 3.74. The van der Waals surface area contributed by atoms with Gasteiger partial charge in [-0.15, -0.1) is 6.58 Å². The van der Waals surface area contributed by atoms with Crippen molar-refractivity contribution in [2.45, 2.75) is 39.0 Å². The summed E-state index contributed by atoms with van der Waals surface area (Å²) in [5.74, 6) is 0.896. The summed E-state index contributed by atoms with van der Waals surface area (Å²) in [7, 11) is 0. The van der Waals surface area contributed by atoms with Crippen LogP contribution < -0.4 is 5.32 Å². The third-order valence-electron chi connectivity index (χ3n) is 3.51. The van der Waals surface area contributed by atoms with E-state index in [-0.39, 0.29) is 0 Å². The summed E-state index contributed by atoms with van der Waals surface area (Å²) >= 11 is 0. The number of allylic oxidation sites excluding steroid dienone is 1. The van der Waals surface area contributed by atoms with E-state index < -0.39 is 0 Å². The maximum Gasteiger partial charge on any atom is 0.00222 e. The van der Waals surface area contributed by atoms with Crippen LogP contribution in [-0.4, -0.2) is 37.6 Å². The summed E-state index contributed by atoms with van der Waals surface area (Å²) in [6.45, 7) is 12.2. The largest absolute Gasteiger partial charge is 0.316 e. The predicted molar refractivity (Wildman–Crippen MR) is 71.8 cm³/mol. The molecule has 0 aromatic carbocycles. The van der Waals surface area contributed by atoms with Gasteiger partial charge in [-0.25, -0.2) is 0 Å². The van der Waals surface area contributed by atoms with Crippen molar-refractivity contribution in [2.75, 3.05) is 32.7 Å². The van der Waals surface area contributed by atoms with Crippen molar-refractivity contribution in [1.29, 1.82) is 0 Å². The van der Waals surface area contributed by atoms with Crippen LogP contribution in [0.2, 0.25) is 0 Å². The van der Waals surface area contributed by atoms with Crippen LogP contribution in [0.3, 0.4) is 0 Å². The Bertz CT molecular complexity index is 180. The summed E-state index contributed by atoms with van der Waals surface area (Å²) in [6.07, 6.45) is 8.54. The van der Waals surface area contributed by atoms with E-state index in [2.05, 4.69) is 23.7 Å². The summed E-state index contributed by atoms with van der Waals surface area (Å²) in [5.41, 5.74) is 0. The van der Waals surface area contributed by atoms with Crippen LogP contribution in [-0.2, 0) is 0 Å². The van der Waals surface area contributed by atoms with Gasteiger partial charge in [0.2, 0.25) is 0 Å². The number of nitrogens with one attached hydrogen (secondary N) is 1. The minimum absolute atomic E-state index is 0.896. The summed E-state index contributed by atoms with van der Waals surface area (Å²) < 4.78 is 0. The number of likely N-dealkylation sites (tertiary alicyclic amines) is 1. The molecule has 0 bridgehead atoms. The van der Waals surface area contributed by atoms with E-state index in [0.717, 1.165) is 5.92 Å². The van der Waals surface area contributed by atoms with Crippen molar-refractivity contribution in [3.05, 3.63) is 12.7 Å². The van der Waals surface area contributed by atoms with Crippen molar-refractivity contribution in [3.8, 4) is 0 Å². The number of nitrogens with zero attached hydrogens (tertiary/aromatic N) is 1. The molecular weight excluding hydrogens is 196 g/mol. The van der Waals surface area contributed by atoms with E-state index in [9.17, 15) is 0 Å². The molecule has 1 fully saturated rings. The average Bonchev–Trinajstić information content (AvgIpc) is 2.76. The maximum absolute atomic E-state index is 3.74. The van der Waals surface area contributed by atoms with Gasteiger partial charge in [0, 0.05) is 6.54 Å². The van der Waals surface area contributed by atoms with E-state index in [1.807, 2.05) is 6.08 Å². The molecule has 94 valence electrons. The van der Waals surface area contributed by atoms with Crippen molar-refractivity contribution in [3.63, 3.8) is 0 Å². The van der Waals surface area contributed by atoms with Gasteiger partial charge in [-0.3, -0.25) is 0 Å². The summed E-state index contributed by atoms with van der Waals surface area (Å²) in [4.78, 5) is 2.55. The first-order valence-corrected chi connectivity index (χ1v) is 6.90. The third kappa shape index (κ3) is 5.66. The third-order valence-corrected chi connectivity index (χ3v) is 3.51. The Hall–Kier alpha value is -0.340. The number of hydrogen-bond acceptors (Lipinski definition) is 2. The predicted octanol–water partition coefficient (Wildman–Crippen LogP) is 2.66. The first kappa shape index (κ1) is 13.7. The van der Waals surface area contributed by atoms with Crippen LogP contribution in [0.1, 0.15) is 39.0 Å². The molecular formula is C14H28N2. The monoisotopic (exact) mass is 224 g/mol. The molecule has 0 aliphatic carbocycles. The number of unbranched alkanes of at least 4 members (excludes halogenated alkanes) is 3. The van der Waals surface area contributed by atoms with Gasteiger partial charge in [-0.2, -0.15) is 0 Å². The molecule has 0 amide bonds. The topological polar surface area (TPSA) is 15.3 Å². The first-order valence-electron chi connectivity index (χ1n) is 6.90. The summed E-state index contributed by atoms with van der Waals surface area (Å²) in [6, 6.07) is 0. The lowest BCUT2D eigenvalue weighted by Crippen LogP contribution is -2.27. The Morgan fingerprint density at radius 1 is 1.38 bits per heavy atom. The van der Waals surface area contributed by atoms with Crippen molar-refractivity contribution < 1.29 is 0 Å². The standard InChI is InChI=1S/C14H28N2/c1-3-5-6-7-8-10-15-12-14-9-11-16(4-2)13-14/h3,14-15H,1,4-13H2,2H3. The second-order valence-electron chi connectivity index (χ2n) is 4.89. The van der Waals surface area contributed by atoms with Gasteiger partial charge >= 0.3 is 0 Å². The zero-order valence-corrected chi connectivity index (χ0v) is 10.9. The molecule has 1 N–H and O–H groups in total. The van der Waals surface area contributed by atoms with Gasteiger partial charge < -0.3 is 10.2 Å². The van der Waals surface area contributed by atoms with Crippen LogP contribution in [0.5, 0.6) is 0 Å². The Kier molecular flexibility index (Phi) is 7.52. The van der Waals surface area contributed by atoms with Gasteiger partial charge in [-0.1, -0.05) is 19.4 Å². The molecule has 0 saturated carbocycles. The molecule has 1 atom stereocenters. The summed E-state index contributed by atoms with van der Waals surface area (Å²) in [5, 5.41) is 3.60. The normalized spacial score (nSPS) is 21.4. The Balaban J connectivity index is 1.86. The average molecular weight is 224 g/mol. The zero-order valence-electron chi connectivity index (χ0n) is 10.9. The molecule has 0 spiro atoms. The molecule has 1 heterocycles. The van der Waals surface area contributed by atoms with E-state index in [1.165, 1.54) is 64.8 Å². The van der Waals surface area contributed by atoms with E-state index >= 15 is 0 Å². The lowest BCUT2D eigenvalue weighted by atomic mass is 10.1. The van der Waals surface area contributed by atoms with Crippen LogP contribution >= 0.6 is 0 Å². The Labute approximate surface area is 101 Å². The SMILES string of the molecule is C=CCCCCCNCC1CCN(CC)C1. The molecule has 1 saturated heterocycles. The minimum atomic E-state index is 0.896. The van der Waals surface area contributed by atoms with Gasteiger partial charge in [0.15, 0.2) is 0 Å². The molecule has 2 nitrogen and oxygen atoms in total. The highest BCUT2D eigenvalue weighted by Crippen LogP contribution is 2.14. The van der Waals surface area contributed by atoms with Crippen LogP contribution in [0.25, 0.3) is 0 Å². The van der Waals surface area contributed by atoms with E-state index in [0.29, 0.717) is 0 Å². The zero-order chi connectivity index (χ0) is 11.6. The van der Waals surface area contributed by atoms with Crippen LogP contribution in [0.4, 0.5) is 0 Å². The molecule has 0 radical (unpaired) electrons. The van der Waals surface area contributed by atoms with Crippen molar-refractivity contribution >= 4 is 0 Å². The van der Waals surface area contributed by atoms with E-state index in [1.54, 1.807) is 0 Å². The second-order valence-corrected chi connectivity index (χ2v) is 4.89. The fourth-order valence-corrected chi connectivity index (χ4v) is 2.39. The second kappa shape index (κ2) is 8.77. The Morgan fingerprint density at radius 2 is 2.25 bits per heavy atom. The molecule has 1 aliphatic heterocycles. The van der Waals surface area contributed by atoms with Crippen LogP contribution in [0.15, 0.2) is 12.7 Å². The highest BCUT2D eigenvalue weighted by Gasteiger charge is 2.19. The number of hydrogen-bond donors (Lipinski definition) is 1. The van der Waals surface area contributed by atoms with Gasteiger partial charge in [0.25, 0.3) is 0 Å². The van der Waals surface area contributed by atoms with Gasteiger partial charge in [-0.05, 0) is 57.8 Å². The first-order chi connectivity index (χ1) is 7.86. The number of rotatable bonds is 9. The molecule has 16 heavy (non-hydrogen) atoms. The van der Waals surface area contributed by atoms with Crippen LogP contribution in [0, 0.1) is 5.92 Å². The fraction of sp³-hybridized carbons (Fsp3) is 0.857. The quantitative estimate of drug-likeness (QED) is 0.478. The highest BCUT2D eigenvalue weighted by molar-refractivity contribution is 4.76. The van der Waals surface area contributed by atoms with Crippen molar-refractivity contribution in [2.24, 2.45) is 5.92 Å². The Morgan fingerprint density at radius 3 is 2.94 bits per heavy atom. The van der Waals surface area contributed by atoms with Gasteiger partial charge in [0.05, 0.1) is 0 Å². The van der Waals surface area contributed by atoms with Crippen molar-refractivity contribution in [1.82, 2.24) is 10.2 Å². The fourth-order valence-electron chi connectivity index (χ4n) is 2.39. The molecule has 1 rings (SSSR count). The minimum Gasteiger partial charge on any atom is -0.316 e. The molecule has 1 aliphatic rings. The molecule has 0 aromatic heterocycles. The van der Waals surface area contributed by atoms with Gasteiger partial charge in [0.1, 0.15) is 0 Å². The molecule has 0 aromatic rings. The lowest BCUT2D eigenvalue weighted by Gasteiger charge is -2.13. The smallest absolute Gasteiger partial charge is 0.00222 e.